The normalized spacial score (nSPS) is 19.0. The van der Waals surface area contributed by atoms with Crippen LogP contribution in [0.1, 0.15) is 35.9 Å². The number of fused-ring (bicyclic) bond motifs is 1. The van der Waals surface area contributed by atoms with Gasteiger partial charge < -0.3 is 14.2 Å². The zero-order valence-electron chi connectivity index (χ0n) is 20.6. The molecule has 2 aromatic rings. The van der Waals surface area contributed by atoms with Gasteiger partial charge in [0.1, 0.15) is 5.04 Å². The van der Waals surface area contributed by atoms with Crippen molar-refractivity contribution in [3.05, 3.63) is 58.4 Å². The number of nitrogens with zero attached hydrogens (tertiary/aromatic N) is 5. The predicted octanol–water partition coefficient (Wildman–Crippen LogP) is 3.52. The van der Waals surface area contributed by atoms with E-state index in [1.165, 1.54) is 22.3 Å². The summed E-state index contributed by atoms with van der Waals surface area (Å²) in [6, 6.07) is 10.3. The summed E-state index contributed by atoms with van der Waals surface area (Å²) in [6.07, 6.45) is 2.74. The van der Waals surface area contributed by atoms with Crippen LogP contribution in [0.4, 0.5) is 0 Å². The van der Waals surface area contributed by atoms with Crippen molar-refractivity contribution in [3.63, 3.8) is 0 Å². The molecule has 3 aliphatic heterocycles. The molecule has 0 bridgehead atoms. The number of para-hydroxylation sites is 1. The largest absolute Gasteiger partial charge is 0.378 e. The second kappa shape index (κ2) is 9.87. The van der Waals surface area contributed by atoms with Crippen LogP contribution < -0.4 is 0 Å². The summed E-state index contributed by atoms with van der Waals surface area (Å²) < 4.78 is 7.48. The van der Waals surface area contributed by atoms with Crippen molar-refractivity contribution < 1.29 is 14.3 Å². The number of rotatable bonds is 5. The van der Waals surface area contributed by atoms with Gasteiger partial charge in [-0.15, -0.1) is 0 Å². The molecule has 5 rings (SSSR count). The first-order valence-electron chi connectivity index (χ1n) is 12.0. The topological polar surface area (TPSA) is 103 Å². The molecule has 0 radical (unpaired) electrons. The Morgan fingerprint density at radius 1 is 1.22 bits per heavy atom. The van der Waals surface area contributed by atoms with E-state index in [4.69, 9.17) is 10.1 Å². The summed E-state index contributed by atoms with van der Waals surface area (Å²) in [5.41, 5.74) is 5.39. The van der Waals surface area contributed by atoms with Crippen molar-refractivity contribution in [2.75, 3.05) is 26.3 Å². The van der Waals surface area contributed by atoms with Crippen molar-refractivity contribution in [1.29, 1.82) is 5.41 Å². The molecule has 4 heterocycles. The van der Waals surface area contributed by atoms with E-state index in [0.717, 1.165) is 29.1 Å². The number of morpholine rings is 1. The van der Waals surface area contributed by atoms with E-state index in [1.54, 1.807) is 11.0 Å². The number of amides is 2. The van der Waals surface area contributed by atoms with Crippen LogP contribution in [-0.4, -0.2) is 68.6 Å². The molecule has 0 unspecified atom stereocenters. The van der Waals surface area contributed by atoms with Crippen molar-refractivity contribution in [1.82, 2.24) is 14.5 Å². The number of nitrogens with one attached hydrogen (secondary N) is 1. The summed E-state index contributed by atoms with van der Waals surface area (Å²) in [7, 11) is 0. The lowest BCUT2D eigenvalue weighted by molar-refractivity contribution is -0.133. The third kappa shape index (κ3) is 4.42. The Bertz CT molecular complexity index is 1350. The van der Waals surface area contributed by atoms with Crippen LogP contribution >= 0.6 is 11.8 Å². The number of thioether (sulfide) groups is 1. The Morgan fingerprint density at radius 3 is 2.72 bits per heavy atom. The van der Waals surface area contributed by atoms with Crippen LogP contribution in [0.2, 0.25) is 0 Å². The fraction of sp³-hybridized carbons (Fsp3) is 0.346. The molecule has 1 fully saturated rings. The van der Waals surface area contributed by atoms with Gasteiger partial charge in [0, 0.05) is 30.2 Å². The first-order valence-corrected chi connectivity index (χ1v) is 12.8. The lowest BCUT2D eigenvalue weighted by Gasteiger charge is -2.26. The number of hydrogen-bond acceptors (Lipinski definition) is 6. The monoisotopic (exact) mass is 504 g/mol. The molecule has 1 N–H and O–H groups in total. The van der Waals surface area contributed by atoms with Crippen LogP contribution in [0.25, 0.3) is 11.8 Å². The van der Waals surface area contributed by atoms with E-state index >= 15 is 0 Å². The van der Waals surface area contributed by atoms with Crippen LogP contribution in [0, 0.1) is 19.3 Å². The van der Waals surface area contributed by atoms with Crippen molar-refractivity contribution >= 4 is 45.7 Å². The summed E-state index contributed by atoms with van der Waals surface area (Å²) >= 11 is 1.17. The second-order valence-electron chi connectivity index (χ2n) is 8.83. The Balaban J connectivity index is 1.41. The molecule has 1 aromatic heterocycles. The number of carbonyl (C=O) groups is 2. The number of amidine groups is 2. The zero-order chi connectivity index (χ0) is 25.4. The van der Waals surface area contributed by atoms with E-state index < -0.39 is 5.91 Å². The number of hydrazone groups is 1. The summed E-state index contributed by atoms with van der Waals surface area (Å²) in [5.74, 6) is -0.558. The highest BCUT2D eigenvalue weighted by Gasteiger charge is 2.36. The summed E-state index contributed by atoms with van der Waals surface area (Å²) in [4.78, 5) is 31.5. The lowest BCUT2D eigenvalue weighted by Crippen LogP contribution is -2.41. The number of benzene rings is 1. The minimum Gasteiger partial charge on any atom is -0.378 e. The van der Waals surface area contributed by atoms with E-state index in [0.29, 0.717) is 36.5 Å². The zero-order valence-corrected chi connectivity index (χ0v) is 21.4. The van der Waals surface area contributed by atoms with Gasteiger partial charge in [-0.2, -0.15) is 15.1 Å². The van der Waals surface area contributed by atoms with Gasteiger partial charge in [0.2, 0.25) is 11.1 Å². The van der Waals surface area contributed by atoms with Gasteiger partial charge in [-0.05, 0) is 61.4 Å². The summed E-state index contributed by atoms with van der Waals surface area (Å²) in [6.45, 7) is 8.35. The van der Waals surface area contributed by atoms with Crippen LogP contribution in [0.15, 0.2) is 46.0 Å². The number of aromatic nitrogens is 1. The number of aryl methyl sites for hydroxylation is 2. The van der Waals surface area contributed by atoms with Crippen LogP contribution in [0.5, 0.6) is 0 Å². The first-order chi connectivity index (χ1) is 17.4. The molecular formula is C26H28N6O3S. The highest BCUT2D eigenvalue weighted by atomic mass is 32.2. The first kappa shape index (κ1) is 24.2. The molecule has 0 saturated carbocycles. The van der Waals surface area contributed by atoms with Gasteiger partial charge in [0.25, 0.3) is 5.91 Å². The Labute approximate surface area is 214 Å². The molecule has 0 spiro atoms. The van der Waals surface area contributed by atoms with Gasteiger partial charge in [-0.3, -0.25) is 15.0 Å². The van der Waals surface area contributed by atoms with Crippen LogP contribution in [-0.2, 0) is 20.7 Å². The maximum Gasteiger partial charge on any atom is 0.283 e. The SMILES string of the molecule is CCc1ccccc1-n1c(C)cc(/C=C2\C(=N)N3N=C(CC(=O)N4CCOCC4)SC3=NC2=O)c1C. The highest BCUT2D eigenvalue weighted by molar-refractivity contribution is 8.27. The predicted molar refractivity (Wildman–Crippen MR) is 142 cm³/mol. The smallest absolute Gasteiger partial charge is 0.283 e. The van der Waals surface area contributed by atoms with E-state index in [9.17, 15) is 9.59 Å². The molecule has 0 atom stereocenters. The van der Waals surface area contributed by atoms with E-state index in [-0.39, 0.29) is 23.7 Å². The number of hydrogen-bond donors (Lipinski definition) is 1. The lowest BCUT2D eigenvalue weighted by atomic mass is 10.1. The molecule has 36 heavy (non-hydrogen) atoms. The minimum absolute atomic E-state index is 0.0370. The average molecular weight is 505 g/mol. The van der Waals surface area contributed by atoms with E-state index in [1.807, 2.05) is 32.0 Å². The molecule has 1 saturated heterocycles. The molecule has 9 nitrogen and oxygen atoms in total. The average Bonchev–Trinajstić information content (AvgIpc) is 3.41. The fourth-order valence-electron chi connectivity index (χ4n) is 4.64. The molecule has 186 valence electrons. The molecule has 3 aliphatic rings. The third-order valence-electron chi connectivity index (χ3n) is 6.55. The minimum atomic E-state index is -0.478. The third-order valence-corrected chi connectivity index (χ3v) is 7.45. The maximum atomic E-state index is 12.9. The van der Waals surface area contributed by atoms with Gasteiger partial charge in [-0.25, -0.2) is 0 Å². The molecule has 2 amide bonds. The Morgan fingerprint density at radius 2 is 1.97 bits per heavy atom. The van der Waals surface area contributed by atoms with Gasteiger partial charge in [0.05, 0.1) is 25.2 Å². The maximum absolute atomic E-state index is 12.9. The quantitative estimate of drug-likeness (QED) is 0.628. The fourth-order valence-corrected chi connectivity index (χ4v) is 5.52. The number of ether oxygens (including phenoxy) is 1. The van der Waals surface area contributed by atoms with Gasteiger partial charge >= 0.3 is 0 Å². The molecular weight excluding hydrogens is 476 g/mol. The van der Waals surface area contributed by atoms with E-state index in [2.05, 4.69) is 33.7 Å². The van der Waals surface area contributed by atoms with Crippen LogP contribution in [0.3, 0.4) is 0 Å². The van der Waals surface area contributed by atoms with Crippen molar-refractivity contribution in [2.45, 2.75) is 33.6 Å². The Kier molecular flexibility index (Phi) is 6.63. The summed E-state index contributed by atoms with van der Waals surface area (Å²) in [5, 5.41) is 15.3. The van der Waals surface area contributed by atoms with Crippen molar-refractivity contribution in [2.24, 2.45) is 10.1 Å². The molecule has 0 aliphatic carbocycles. The molecule has 10 heteroatoms. The van der Waals surface area contributed by atoms with Crippen molar-refractivity contribution in [3.8, 4) is 5.69 Å². The second-order valence-corrected chi connectivity index (χ2v) is 9.87. The van der Waals surface area contributed by atoms with Gasteiger partial charge in [0.15, 0.2) is 5.84 Å². The molecule has 1 aromatic carbocycles. The number of aliphatic imine (C=N–C) groups is 1. The standard InChI is InChI=1S/C26H28N6O3S/c1-4-18-7-5-6-8-21(18)31-16(2)13-19(17(31)3)14-20-24(27)32-26(28-25(20)34)36-22(29-32)15-23(33)30-9-11-35-12-10-30/h5-8,13-14,27H,4,9-12,15H2,1-3H3/b20-14+,27-24?. The van der Waals surface area contributed by atoms with Gasteiger partial charge in [-0.1, -0.05) is 25.1 Å². The highest BCUT2D eigenvalue weighted by Crippen LogP contribution is 2.31. The number of carbonyl (C=O) groups excluding carboxylic acids is 2. The Hall–Kier alpha value is -3.50.